The van der Waals surface area contributed by atoms with E-state index in [0.717, 1.165) is 16.7 Å². The molecule has 0 aliphatic heterocycles. The van der Waals surface area contributed by atoms with Crippen LogP contribution < -0.4 is 5.56 Å². The molecular formula is C19H14N2O2. The smallest absolute Gasteiger partial charge is 0.266 e. The van der Waals surface area contributed by atoms with E-state index in [-0.39, 0.29) is 16.9 Å². The molecule has 0 radical (unpaired) electrons. The number of aryl methyl sites for hydroxylation is 1. The van der Waals surface area contributed by atoms with Crippen molar-refractivity contribution < 1.29 is 5.11 Å². The molecule has 2 N–H and O–H groups in total. The molecular weight excluding hydrogens is 288 g/mol. The second-order valence-corrected chi connectivity index (χ2v) is 5.31. The number of aromatic hydroxyl groups is 1. The minimum atomic E-state index is -0.384. The maximum absolute atomic E-state index is 12.0. The van der Waals surface area contributed by atoms with Crippen LogP contribution in [0.5, 0.6) is 5.75 Å². The zero-order valence-electron chi connectivity index (χ0n) is 12.5. The molecule has 0 bridgehead atoms. The molecule has 0 spiro atoms. The number of H-pyrrole nitrogens is 1. The van der Waals surface area contributed by atoms with Crippen molar-refractivity contribution in [2.24, 2.45) is 0 Å². The Hall–Kier alpha value is -3.32. The molecule has 0 atom stereocenters. The van der Waals surface area contributed by atoms with E-state index in [2.05, 4.69) is 4.98 Å². The van der Waals surface area contributed by atoms with Gasteiger partial charge >= 0.3 is 0 Å². The van der Waals surface area contributed by atoms with Crippen LogP contribution in [0.15, 0.2) is 59.4 Å². The van der Waals surface area contributed by atoms with Gasteiger partial charge in [-0.25, -0.2) is 0 Å². The lowest BCUT2D eigenvalue weighted by Gasteiger charge is -2.08. The van der Waals surface area contributed by atoms with E-state index in [4.69, 9.17) is 0 Å². The summed E-state index contributed by atoms with van der Waals surface area (Å²) in [5.74, 6) is 0.192. The molecule has 0 saturated heterocycles. The van der Waals surface area contributed by atoms with Crippen LogP contribution in [0.1, 0.15) is 11.3 Å². The number of nitrogens with zero attached hydrogens (tertiary/aromatic N) is 1. The van der Waals surface area contributed by atoms with Gasteiger partial charge in [-0.05, 0) is 47.9 Å². The quantitative estimate of drug-likeness (QED) is 0.759. The van der Waals surface area contributed by atoms with Crippen LogP contribution in [0.3, 0.4) is 0 Å². The van der Waals surface area contributed by atoms with Crippen molar-refractivity contribution in [2.45, 2.75) is 6.92 Å². The molecule has 2 aromatic carbocycles. The lowest BCUT2D eigenvalue weighted by molar-refractivity contribution is 0.475. The molecule has 4 heteroatoms. The number of aromatic amines is 1. The van der Waals surface area contributed by atoms with E-state index in [1.54, 1.807) is 31.2 Å². The largest absolute Gasteiger partial charge is 0.508 e. The fourth-order valence-electron chi connectivity index (χ4n) is 2.58. The Kier molecular flexibility index (Phi) is 3.70. The van der Waals surface area contributed by atoms with Crippen LogP contribution in [0.25, 0.3) is 22.3 Å². The molecule has 0 fully saturated rings. The number of hydrogen-bond donors (Lipinski definition) is 2. The van der Waals surface area contributed by atoms with Crippen LogP contribution in [0.2, 0.25) is 0 Å². The predicted octanol–water partition coefficient (Wildman–Crippen LogP) is 3.59. The average molecular weight is 302 g/mol. The van der Waals surface area contributed by atoms with Gasteiger partial charge in [-0.3, -0.25) is 4.79 Å². The number of benzene rings is 2. The monoisotopic (exact) mass is 302 g/mol. The van der Waals surface area contributed by atoms with Gasteiger partial charge in [-0.2, -0.15) is 5.26 Å². The SMILES string of the molecule is Cc1cc(-c2cccc(-c3cccc(O)c3)c2)c(C#N)c(=O)[nH]1. The van der Waals surface area contributed by atoms with E-state index in [0.29, 0.717) is 11.3 Å². The molecule has 0 aliphatic rings. The molecule has 0 amide bonds. The third-order valence-corrected chi connectivity index (χ3v) is 3.63. The minimum absolute atomic E-state index is 0.101. The summed E-state index contributed by atoms with van der Waals surface area (Å²) in [7, 11) is 0. The van der Waals surface area contributed by atoms with Crippen molar-refractivity contribution in [1.82, 2.24) is 4.98 Å². The van der Waals surface area contributed by atoms with E-state index in [1.807, 2.05) is 36.4 Å². The summed E-state index contributed by atoms with van der Waals surface area (Å²) in [4.78, 5) is 14.6. The van der Waals surface area contributed by atoms with Crippen molar-refractivity contribution >= 4 is 0 Å². The Balaban J connectivity index is 2.19. The average Bonchev–Trinajstić information content (AvgIpc) is 2.54. The summed E-state index contributed by atoms with van der Waals surface area (Å²) in [5.41, 5.74) is 3.58. The number of aromatic nitrogens is 1. The van der Waals surface area contributed by atoms with Gasteiger partial charge < -0.3 is 10.1 Å². The highest BCUT2D eigenvalue weighted by Crippen LogP contribution is 2.29. The van der Waals surface area contributed by atoms with Crippen LogP contribution in [-0.4, -0.2) is 10.1 Å². The van der Waals surface area contributed by atoms with Gasteiger partial charge in [0.1, 0.15) is 17.4 Å². The van der Waals surface area contributed by atoms with Crippen molar-refractivity contribution in [3.63, 3.8) is 0 Å². The molecule has 23 heavy (non-hydrogen) atoms. The molecule has 112 valence electrons. The molecule has 0 unspecified atom stereocenters. The Morgan fingerprint density at radius 3 is 2.35 bits per heavy atom. The van der Waals surface area contributed by atoms with Gasteiger partial charge in [0.05, 0.1) is 0 Å². The van der Waals surface area contributed by atoms with E-state index >= 15 is 0 Å². The number of hydrogen-bond acceptors (Lipinski definition) is 3. The molecule has 4 nitrogen and oxygen atoms in total. The second kappa shape index (κ2) is 5.82. The standard InChI is InChI=1S/C19H14N2O2/c1-12-8-17(18(11-20)19(23)21-12)15-6-2-4-13(9-15)14-5-3-7-16(22)10-14/h2-10,22H,1H3,(H,21,23). The van der Waals surface area contributed by atoms with Crippen molar-refractivity contribution in [1.29, 1.82) is 5.26 Å². The highest BCUT2D eigenvalue weighted by atomic mass is 16.3. The van der Waals surface area contributed by atoms with Gasteiger partial charge in [0.25, 0.3) is 5.56 Å². The number of nitrogens with one attached hydrogen (secondary N) is 1. The maximum atomic E-state index is 12.0. The summed E-state index contributed by atoms with van der Waals surface area (Å²) >= 11 is 0. The number of pyridine rings is 1. The fraction of sp³-hybridized carbons (Fsp3) is 0.0526. The first kappa shape index (κ1) is 14.6. The van der Waals surface area contributed by atoms with Crippen molar-refractivity contribution in [3.05, 3.63) is 76.2 Å². The summed E-state index contributed by atoms with van der Waals surface area (Å²) in [5, 5.41) is 18.9. The van der Waals surface area contributed by atoms with Crippen LogP contribution >= 0.6 is 0 Å². The number of rotatable bonds is 2. The zero-order valence-corrected chi connectivity index (χ0v) is 12.5. The Bertz CT molecular complexity index is 981. The second-order valence-electron chi connectivity index (χ2n) is 5.31. The molecule has 1 heterocycles. The third-order valence-electron chi connectivity index (χ3n) is 3.63. The van der Waals surface area contributed by atoms with Gasteiger partial charge in [0, 0.05) is 11.3 Å². The zero-order chi connectivity index (χ0) is 16.4. The first-order valence-electron chi connectivity index (χ1n) is 7.12. The fourth-order valence-corrected chi connectivity index (χ4v) is 2.58. The first-order valence-corrected chi connectivity index (χ1v) is 7.12. The molecule has 1 aromatic heterocycles. The maximum Gasteiger partial charge on any atom is 0.266 e. The summed E-state index contributed by atoms with van der Waals surface area (Å²) in [6.45, 7) is 1.78. The number of phenolic OH excluding ortho intramolecular Hbond substituents is 1. The summed E-state index contributed by atoms with van der Waals surface area (Å²) < 4.78 is 0. The minimum Gasteiger partial charge on any atom is -0.508 e. The van der Waals surface area contributed by atoms with E-state index in [1.165, 1.54) is 0 Å². The van der Waals surface area contributed by atoms with Gasteiger partial charge in [0.2, 0.25) is 0 Å². The summed E-state index contributed by atoms with van der Waals surface area (Å²) in [6.07, 6.45) is 0. The molecule has 3 aromatic rings. The molecule has 0 aliphatic carbocycles. The predicted molar refractivity (Wildman–Crippen MR) is 89.1 cm³/mol. The highest BCUT2D eigenvalue weighted by Gasteiger charge is 2.11. The highest BCUT2D eigenvalue weighted by molar-refractivity contribution is 5.76. The topological polar surface area (TPSA) is 76.9 Å². The Morgan fingerprint density at radius 1 is 1.00 bits per heavy atom. The lowest BCUT2D eigenvalue weighted by Crippen LogP contribution is -2.12. The Labute approximate surface area is 133 Å². The van der Waals surface area contributed by atoms with Gasteiger partial charge in [-0.1, -0.05) is 30.3 Å². The van der Waals surface area contributed by atoms with E-state index < -0.39 is 0 Å². The molecule has 0 saturated carbocycles. The van der Waals surface area contributed by atoms with Crippen LogP contribution in [0, 0.1) is 18.3 Å². The first-order chi connectivity index (χ1) is 11.1. The Morgan fingerprint density at radius 2 is 1.65 bits per heavy atom. The van der Waals surface area contributed by atoms with Gasteiger partial charge in [0.15, 0.2) is 0 Å². The third kappa shape index (κ3) is 2.85. The number of nitriles is 1. The lowest BCUT2D eigenvalue weighted by atomic mass is 9.96. The van der Waals surface area contributed by atoms with Crippen LogP contribution in [0.4, 0.5) is 0 Å². The number of phenols is 1. The van der Waals surface area contributed by atoms with Crippen molar-refractivity contribution in [2.75, 3.05) is 0 Å². The normalized spacial score (nSPS) is 10.3. The molecule has 3 rings (SSSR count). The summed E-state index contributed by atoms with van der Waals surface area (Å²) in [6, 6.07) is 18.3. The van der Waals surface area contributed by atoms with Gasteiger partial charge in [-0.15, -0.1) is 0 Å². The van der Waals surface area contributed by atoms with Crippen molar-refractivity contribution in [3.8, 4) is 34.1 Å². The van der Waals surface area contributed by atoms with Crippen LogP contribution in [-0.2, 0) is 0 Å². The van der Waals surface area contributed by atoms with E-state index in [9.17, 15) is 15.2 Å².